The van der Waals surface area contributed by atoms with Crippen LogP contribution < -0.4 is 15.4 Å². The molecule has 3 rings (SSSR count). The first-order valence-corrected chi connectivity index (χ1v) is 9.51. The minimum Gasteiger partial charge on any atom is -0.427 e. The van der Waals surface area contributed by atoms with E-state index in [0.717, 1.165) is 5.56 Å². The van der Waals surface area contributed by atoms with E-state index in [1.165, 1.54) is 13.0 Å². The molecule has 0 aliphatic rings. The molecule has 6 nitrogen and oxygen atoms in total. The van der Waals surface area contributed by atoms with Gasteiger partial charge < -0.3 is 15.4 Å². The van der Waals surface area contributed by atoms with Crippen molar-refractivity contribution in [1.29, 1.82) is 0 Å². The number of rotatable bonds is 6. The van der Waals surface area contributed by atoms with E-state index in [1.807, 2.05) is 0 Å². The lowest BCUT2D eigenvalue weighted by Gasteiger charge is -2.09. The van der Waals surface area contributed by atoms with Crippen LogP contribution in [-0.2, 0) is 11.3 Å². The van der Waals surface area contributed by atoms with Gasteiger partial charge in [-0.25, -0.2) is 0 Å². The maximum Gasteiger partial charge on any atom is 0.308 e. The minimum atomic E-state index is -0.450. The molecule has 3 aromatic rings. The SMILES string of the molecule is CC(=O)Oc1cccc(C(=O)NCc2ccc(NC(=O)c3ccccc3Cl)cc2)c1. The van der Waals surface area contributed by atoms with Gasteiger partial charge in [0.05, 0.1) is 10.6 Å². The van der Waals surface area contributed by atoms with Crippen LogP contribution in [-0.4, -0.2) is 17.8 Å². The van der Waals surface area contributed by atoms with Crippen LogP contribution in [0.15, 0.2) is 72.8 Å². The van der Waals surface area contributed by atoms with Crippen molar-refractivity contribution in [3.63, 3.8) is 0 Å². The van der Waals surface area contributed by atoms with Crippen molar-refractivity contribution in [1.82, 2.24) is 5.32 Å². The fourth-order valence-electron chi connectivity index (χ4n) is 2.70. The molecular weight excluding hydrogens is 404 g/mol. The van der Waals surface area contributed by atoms with Crippen molar-refractivity contribution in [2.75, 3.05) is 5.32 Å². The lowest BCUT2D eigenvalue weighted by molar-refractivity contribution is -0.131. The number of carbonyl (C=O) groups is 3. The lowest BCUT2D eigenvalue weighted by atomic mass is 10.1. The molecular formula is C23H19ClN2O4. The van der Waals surface area contributed by atoms with Gasteiger partial charge in [0.25, 0.3) is 11.8 Å². The number of hydrogen-bond donors (Lipinski definition) is 2. The van der Waals surface area contributed by atoms with E-state index in [2.05, 4.69) is 10.6 Å². The summed E-state index contributed by atoms with van der Waals surface area (Å²) >= 11 is 6.04. The first-order valence-electron chi connectivity index (χ1n) is 9.14. The zero-order valence-corrected chi connectivity index (χ0v) is 16.9. The zero-order valence-electron chi connectivity index (χ0n) is 16.1. The van der Waals surface area contributed by atoms with Crippen LogP contribution in [0.1, 0.15) is 33.2 Å². The lowest BCUT2D eigenvalue weighted by Crippen LogP contribution is -2.22. The van der Waals surface area contributed by atoms with Crippen LogP contribution in [0.25, 0.3) is 0 Å². The Hall–Kier alpha value is -3.64. The van der Waals surface area contributed by atoms with Gasteiger partial charge in [-0.3, -0.25) is 14.4 Å². The second-order valence-corrected chi connectivity index (χ2v) is 6.84. The molecule has 0 aromatic heterocycles. The van der Waals surface area contributed by atoms with E-state index >= 15 is 0 Å². The molecule has 152 valence electrons. The number of ether oxygens (including phenoxy) is 1. The van der Waals surface area contributed by atoms with E-state index in [1.54, 1.807) is 66.7 Å². The number of esters is 1. The highest BCUT2D eigenvalue weighted by atomic mass is 35.5. The van der Waals surface area contributed by atoms with Gasteiger partial charge >= 0.3 is 5.97 Å². The second kappa shape index (κ2) is 9.71. The minimum absolute atomic E-state index is 0.292. The molecule has 2 amide bonds. The molecule has 0 aliphatic heterocycles. The zero-order chi connectivity index (χ0) is 21.5. The standard InChI is InChI=1S/C23H19ClN2O4/c1-15(27)30-19-6-4-5-17(13-19)22(28)25-14-16-9-11-18(12-10-16)26-23(29)20-7-2-3-8-21(20)24/h2-13H,14H2,1H3,(H,25,28)(H,26,29). The molecule has 2 N–H and O–H groups in total. The molecule has 0 unspecified atom stereocenters. The molecule has 0 atom stereocenters. The summed E-state index contributed by atoms with van der Waals surface area (Å²) in [5.41, 5.74) is 2.25. The second-order valence-electron chi connectivity index (χ2n) is 6.44. The quantitative estimate of drug-likeness (QED) is 0.454. The van der Waals surface area contributed by atoms with Crippen molar-refractivity contribution in [2.24, 2.45) is 0 Å². The summed E-state index contributed by atoms with van der Waals surface area (Å²) in [5.74, 6) is -0.725. The van der Waals surface area contributed by atoms with Crippen LogP contribution in [0.4, 0.5) is 5.69 Å². The summed E-state index contributed by atoms with van der Waals surface area (Å²) < 4.78 is 4.99. The Bertz CT molecular complexity index is 1080. The summed E-state index contributed by atoms with van der Waals surface area (Å²) in [5, 5.41) is 5.97. The monoisotopic (exact) mass is 422 g/mol. The third-order valence-corrected chi connectivity index (χ3v) is 4.47. The van der Waals surface area contributed by atoms with Crippen molar-refractivity contribution in [2.45, 2.75) is 13.5 Å². The van der Waals surface area contributed by atoms with Gasteiger partial charge in [0.2, 0.25) is 0 Å². The molecule has 30 heavy (non-hydrogen) atoms. The predicted molar refractivity (Wildman–Crippen MR) is 115 cm³/mol. The molecule has 0 aliphatic carbocycles. The van der Waals surface area contributed by atoms with E-state index in [0.29, 0.717) is 34.1 Å². The molecule has 0 radical (unpaired) electrons. The predicted octanol–water partition coefficient (Wildman–Crippen LogP) is 4.45. The Balaban J connectivity index is 1.57. The molecule has 3 aromatic carbocycles. The maximum absolute atomic E-state index is 12.3. The van der Waals surface area contributed by atoms with E-state index in [-0.39, 0.29) is 11.8 Å². The largest absolute Gasteiger partial charge is 0.427 e. The summed E-state index contributed by atoms with van der Waals surface area (Å²) in [4.78, 5) is 35.7. The first kappa shape index (κ1) is 21.1. The highest BCUT2D eigenvalue weighted by Crippen LogP contribution is 2.18. The number of carbonyl (C=O) groups excluding carboxylic acids is 3. The van der Waals surface area contributed by atoms with Crippen LogP contribution in [0.5, 0.6) is 5.75 Å². The highest BCUT2D eigenvalue weighted by molar-refractivity contribution is 6.34. The van der Waals surface area contributed by atoms with Crippen LogP contribution in [0.3, 0.4) is 0 Å². The number of halogens is 1. The maximum atomic E-state index is 12.3. The number of hydrogen-bond acceptors (Lipinski definition) is 4. The van der Waals surface area contributed by atoms with Gasteiger partial charge in [-0.1, -0.05) is 41.9 Å². The van der Waals surface area contributed by atoms with Gasteiger partial charge in [-0.15, -0.1) is 0 Å². The molecule has 7 heteroatoms. The number of nitrogens with one attached hydrogen (secondary N) is 2. The van der Waals surface area contributed by atoms with Gasteiger partial charge in [-0.2, -0.15) is 0 Å². The van der Waals surface area contributed by atoms with Gasteiger partial charge in [0.15, 0.2) is 0 Å². The summed E-state index contributed by atoms with van der Waals surface area (Å²) in [6, 6.07) is 20.3. The average Bonchev–Trinajstić information content (AvgIpc) is 2.73. The van der Waals surface area contributed by atoms with Crippen LogP contribution >= 0.6 is 11.6 Å². The highest BCUT2D eigenvalue weighted by Gasteiger charge is 2.10. The summed E-state index contributed by atoms with van der Waals surface area (Å²) in [6.45, 7) is 1.60. The van der Waals surface area contributed by atoms with Crippen molar-refractivity contribution in [3.8, 4) is 5.75 Å². The fraction of sp³-hybridized carbons (Fsp3) is 0.0870. The number of anilines is 1. The van der Waals surface area contributed by atoms with Crippen molar-refractivity contribution < 1.29 is 19.1 Å². The molecule has 0 bridgehead atoms. The van der Waals surface area contributed by atoms with E-state index in [9.17, 15) is 14.4 Å². The van der Waals surface area contributed by atoms with Gasteiger partial charge in [0, 0.05) is 24.7 Å². The first-order chi connectivity index (χ1) is 14.4. The average molecular weight is 423 g/mol. The molecule has 0 spiro atoms. The molecule has 0 saturated heterocycles. The Labute approximate surface area is 178 Å². The Morgan fingerprint density at radius 2 is 1.63 bits per heavy atom. The molecule has 0 heterocycles. The van der Waals surface area contributed by atoms with Gasteiger partial charge in [0.1, 0.15) is 5.75 Å². The topological polar surface area (TPSA) is 84.5 Å². The Morgan fingerprint density at radius 1 is 0.900 bits per heavy atom. The normalized spacial score (nSPS) is 10.2. The van der Waals surface area contributed by atoms with Crippen LogP contribution in [0, 0.1) is 0 Å². The van der Waals surface area contributed by atoms with Crippen LogP contribution in [0.2, 0.25) is 5.02 Å². The van der Waals surface area contributed by atoms with E-state index < -0.39 is 5.97 Å². The van der Waals surface area contributed by atoms with Crippen molar-refractivity contribution in [3.05, 3.63) is 94.5 Å². The summed E-state index contributed by atoms with van der Waals surface area (Å²) in [6.07, 6.45) is 0. The van der Waals surface area contributed by atoms with Crippen molar-refractivity contribution >= 4 is 35.1 Å². The van der Waals surface area contributed by atoms with E-state index in [4.69, 9.17) is 16.3 Å². The molecule has 0 fully saturated rings. The number of benzene rings is 3. The third kappa shape index (κ3) is 5.68. The van der Waals surface area contributed by atoms with Gasteiger partial charge in [-0.05, 0) is 48.0 Å². The third-order valence-electron chi connectivity index (χ3n) is 4.14. The fourth-order valence-corrected chi connectivity index (χ4v) is 2.92. The molecule has 0 saturated carbocycles. The Morgan fingerprint density at radius 3 is 2.33 bits per heavy atom. The number of amides is 2. The smallest absolute Gasteiger partial charge is 0.308 e. The Kier molecular flexibility index (Phi) is 6.83. The summed E-state index contributed by atoms with van der Waals surface area (Å²) in [7, 11) is 0.